The predicted molar refractivity (Wildman–Crippen MR) is 95.6 cm³/mol. The van der Waals surface area contributed by atoms with E-state index >= 15 is 0 Å². The van der Waals surface area contributed by atoms with Gasteiger partial charge in [-0.25, -0.2) is 4.39 Å². The highest BCUT2D eigenvalue weighted by atomic mass is 19.1. The second kappa shape index (κ2) is 9.95. The topological polar surface area (TPSA) is 9.23 Å². The molecule has 0 N–H and O–H groups in total. The number of benzene rings is 1. The summed E-state index contributed by atoms with van der Waals surface area (Å²) in [5.74, 6) is 1.62. The van der Waals surface area contributed by atoms with Gasteiger partial charge >= 0.3 is 0 Å². The first-order chi connectivity index (χ1) is 11.2. The molecule has 0 atom stereocenters. The quantitative estimate of drug-likeness (QED) is 0.452. The van der Waals surface area contributed by atoms with Gasteiger partial charge in [-0.05, 0) is 62.1 Å². The highest BCUT2D eigenvalue weighted by Crippen LogP contribution is 2.38. The minimum absolute atomic E-state index is 0.206. The van der Waals surface area contributed by atoms with Gasteiger partial charge in [0.15, 0.2) is 11.6 Å². The molecule has 1 saturated carbocycles. The van der Waals surface area contributed by atoms with E-state index in [-0.39, 0.29) is 5.82 Å². The third-order valence-electron chi connectivity index (χ3n) is 5.29. The molecule has 1 aromatic rings. The maximum atomic E-state index is 14.0. The summed E-state index contributed by atoms with van der Waals surface area (Å²) in [6, 6.07) is 5.55. The van der Waals surface area contributed by atoms with Gasteiger partial charge in [0.2, 0.25) is 0 Å². The fourth-order valence-corrected chi connectivity index (χ4v) is 3.86. The fraction of sp³-hybridized carbons (Fsp3) is 0.714. The lowest BCUT2D eigenvalue weighted by molar-refractivity contribution is 0.300. The van der Waals surface area contributed by atoms with E-state index in [0.717, 1.165) is 11.5 Å². The summed E-state index contributed by atoms with van der Waals surface area (Å²) in [7, 11) is 0. The van der Waals surface area contributed by atoms with Gasteiger partial charge < -0.3 is 4.74 Å². The molecule has 1 nitrogen and oxygen atoms in total. The van der Waals surface area contributed by atoms with Crippen LogP contribution in [-0.4, -0.2) is 6.61 Å². The molecular weight excluding hydrogens is 287 g/mol. The summed E-state index contributed by atoms with van der Waals surface area (Å²) in [6.45, 7) is 4.67. The molecule has 2 rings (SSSR count). The number of ether oxygens (including phenoxy) is 1. The summed E-state index contributed by atoms with van der Waals surface area (Å²) >= 11 is 0. The Balaban J connectivity index is 1.74. The summed E-state index contributed by atoms with van der Waals surface area (Å²) in [5.41, 5.74) is 1.16. The van der Waals surface area contributed by atoms with Crippen LogP contribution in [0.2, 0.25) is 0 Å². The van der Waals surface area contributed by atoms with Crippen molar-refractivity contribution < 1.29 is 9.13 Å². The highest BCUT2D eigenvalue weighted by molar-refractivity contribution is 5.31. The molecule has 0 unspecified atom stereocenters. The van der Waals surface area contributed by atoms with Crippen LogP contribution in [0, 0.1) is 11.7 Å². The molecular formula is C21H33FO. The zero-order chi connectivity index (χ0) is 16.5. The second-order valence-corrected chi connectivity index (χ2v) is 7.04. The van der Waals surface area contributed by atoms with Gasteiger partial charge in [-0.15, -0.1) is 0 Å². The Morgan fingerprint density at radius 2 is 1.74 bits per heavy atom. The molecule has 1 aromatic carbocycles. The Kier molecular flexibility index (Phi) is 7.91. The number of halogens is 1. The van der Waals surface area contributed by atoms with Crippen LogP contribution in [-0.2, 0) is 0 Å². The summed E-state index contributed by atoms with van der Waals surface area (Å²) in [4.78, 5) is 0. The first-order valence-corrected chi connectivity index (χ1v) is 9.66. The van der Waals surface area contributed by atoms with E-state index < -0.39 is 0 Å². The van der Waals surface area contributed by atoms with Gasteiger partial charge in [0.05, 0.1) is 6.61 Å². The smallest absolute Gasteiger partial charge is 0.165 e. The van der Waals surface area contributed by atoms with Gasteiger partial charge in [-0.1, -0.05) is 51.5 Å². The first kappa shape index (κ1) is 18.3. The molecule has 130 valence electrons. The monoisotopic (exact) mass is 320 g/mol. The molecule has 1 aliphatic carbocycles. The van der Waals surface area contributed by atoms with Gasteiger partial charge in [0.1, 0.15) is 0 Å². The number of hydrogen-bond donors (Lipinski definition) is 0. The zero-order valence-corrected chi connectivity index (χ0v) is 15.0. The van der Waals surface area contributed by atoms with Crippen molar-refractivity contribution in [1.82, 2.24) is 0 Å². The van der Waals surface area contributed by atoms with Gasteiger partial charge in [0.25, 0.3) is 0 Å². The molecule has 0 spiro atoms. The molecule has 1 fully saturated rings. The Morgan fingerprint density at radius 1 is 1.00 bits per heavy atom. The van der Waals surface area contributed by atoms with Gasteiger partial charge in [-0.3, -0.25) is 0 Å². The number of hydrogen-bond acceptors (Lipinski definition) is 1. The van der Waals surface area contributed by atoms with E-state index in [9.17, 15) is 4.39 Å². The Bertz CT molecular complexity index is 449. The summed E-state index contributed by atoms with van der Waals surface area (Å²) < 4.78 is 19.3. The van der Waals surface area contributed by atoms with E-state index in [4.69, 9.17) is 4.74 Å². The van der Waals surface area contributed by atoms with Crippen molar-refractivity contribution in [3.8, 4) is 5.75 Å². The molecule has 0 bridgehead atoms. The van der Waals surface area contributed by atoms with Crippen molar-refractivity contribution in [3.63, 3.8) is 0 Å². The van der Waals surface area contributed by atoms with Crippen LogP contribution in [0.1, 0.15) is 89.5 Å². The van der Waals surface area contributed by atoms with E-state index in [2.05, 4.69) is 13.0 Å². The second-order valence-electron chi connectivity index (χ2n) is 7.04. The largest absolute Gasteiger partial charge is 0.491 e. The Labute approximate surface area is 141 Å². The van der Waals surface area contributed by atoms with Crippen molar-refractivity contribution in [1.29, 1.82) is 0 Å². The molecule has 0 heterocycles. The van der Waals surface area contributed by atoms with Crippen molar-refractivity contribution in [2.24, 2.45) is 5.92 Å². The van der Waals surface area contributed by atoms with Crippen molar-refractivity contribution in [2.75, 3.05) is 6.61 Å². The third-order valence-corrected chi connectivity index (χ3v) is 5.29. The van der Waals surface area contributed by atoms with E-state index in [1.165, 1.54) is 64.2 Å². The van der Waals surface area contributed by atoms with E-state index in [0.29, 0.717) is 18.3 Å². The normalized spacial score (nSPS) is 21.3. The molecule has 0 aromatic heterocycles. The highest BCUT2D eigenvalue weighted by Gasteiger charge is 2.22. The van der Waals surface area contributed by atoms with Crippen LogP contribution in [0.4, 0.5) is 4.39 Å². The van der Waals surface area contributed by atoms with Crippen LogP contribution in [0.3, 0.4) is 0 Å². The van der Waals surface area contributed by atoms with Crippen LogP contribution in [0.25, 0.3) is 0 Å². The average Bonchev–Trinajstić information content (AvgIpc) is 2.57. The zero-order valence-electron chi connectivity index (χ0n) is 15.0. The Morgan fingerprint density at radius 3 is 2.39 bits per heavy atom. The Hall–Kier alpha value is -1.05. The SMILES string of the molecule is CCCCCCC[C@H]1CC[C@H](c2ccc(OCC)c(F)c2)CC1. The van der Waals surface area contributed by atoms with Crippen molar-refractivity contribution >= 4 is 0 Å². The van der Waals surface area contributed by atoms with Crippen molar-refractivity contribution in [3.05, 3.63) is 29.6 Å². The van der Waals surface area contributed by atoms with Crippen LogP contribution >= 0.6 is 0 Å². The summed E-state index contributed by atoms with van der Waals surface area (Å²) in [5, 5.41) is 0. The predicted octanol–water partition coefficient (Wildman–Crippen LogP) is 6.86. The molecule has 23 heavy (non-hydrogen) atoms. The molecule has 0 amide bonds. The third kappa shape index (κ3) is 5.82. The lowest BCUT2D eigenvalue weighted by Crippen LogP contribution is -2.13. The molecule has 2 heteroatoms. The fourth-order valence-electron chi connectivity index (χ4n) is 3.86. The standard InChI is InChI=1S/C21H33FO/c1-3-5-6-7-8-9-17-10-12-18(13-11-17)19-14-15-21(23-4-2)20(22)16-19/h14-18H,3-13H2,1-2H3/t17-,18-. The lowest BCUT2D eigenvalue weighted by Gasteiger charge is -2.29. The van der Waals surface area contributed by atoms with Gasteiger partial charge in [0, 0.05) is 0 Å². The van der Waals surface area contributed by atoms with Crippen LogP contribution in [0.15, 0.2) is 18.2 Å². The maximum absolute atomic E-state index is 14.0. The molecule has 1 aliphatic rings. The number of rotatable bonds is 9. The maximum Gasteiger partial charge on any atom is 0.165 e. The van der Waals surface area contributed by atoms with Gasteiger partial charge in [-0.2, -0.15) is 0 Å². The molecule has 0 radical (unpaired) electrons. The van der Waals surface area contributed by atoms with Crippen LogP contribution in [0.5, 0.6) is 5.75 Å². The van der Waals surface area contributed by atoms with Crippen LogP contribution < -0.4 is 4.74 Å². The van der Waals surface area contributed by atoms with Crippen molar-refractivity contribution in [2.45, 2.75) is 84.0 Å². The first-order valence-electron chi connectivity index (χ1n) is 9.66. The average molecular weight is 320 g/mol. The molecule has 0 saturated heterocycles. The minimum Gasteiger partial charge on any atom is -0.491 e. The van der Waals surface area contributed by atoms with E-state index in [1.807, 2.05) is 6.92 Å². The molecule has 0 aliphatic heterocycles. The summed E-state index contributed by atoms with van der Waals surface area (Å²) in [6.07, 6.45) is 13.4. The minimum atomic E-state index is -0.206. The van der Waals surface area contributed by atoms with E-state index in [1.54, 1.807) is 12.1 Å². The number of unbranched alkanes of at least 4 members (excludes halogenated alkanes) is 4. The lowest BCUT2D eigenvalue weighted by atomic mass is 9.77.